The number of Topliss-reactive ketones (excluding diaryl/α,β-unsaturated/α-hetero) is 1. The summed E-state index contributed by atoms with van der Waals surface area (Å²) in [7, 11) is 0. The van der Waals surface area contributed by atoms with Crippen LogP contribution in [0, 0.1) is 5.92 Å². The van der Waals surface area contributed by atoms with Crippen LogP contribution < -0.4 is 9.47 Å². The molecular formula is C19H26O3. The molecule has 0 amide bonds. The van der Waals surface area contributed by atoms with Gasteiger partial charge >= 0.3 is 0 Å². The molecule has 1 aromatic rings. The molecule has 2 rings (SSSR count). The zero-order chi connectivity index (χ0) is 15.9. The van der Waals surface area contributed by atoms with E-state index in [1.165, 1.54) is 11.1 Å². The molecule has 22 heavy (non-hydrogen) atoms. The maximum atomic E-state index is 11.0. The van der Waals surface area contributed by atoms with Gasteiger partial charge in [-0.05, 0) is 56.2 Å². The molecule has 1 aliphatic rings. The predicted octanol–water partition coefficient (Wildman–Crippen LogP) is 4.69. The molecule has 0 unspecified atom stereocenters. The number of benzene rings is 1. The summed E-state index contributed by atoms with van der Waals surface area (Å²) in [6.07, 6.45) is 7.04. The van der Waals surface area contributed by atoms with Crippen molar-refractivity contribution in [3.8, 4) is 11.5 Å². The highest BCUT2D eigenvalue weighted by Gasteiger charge is 2.12. The monoisotopic (exact) mass is 302 g/mol. The summed E-state index contributed by atoms with van der Waals surface area (Å²) in [4.78, 5) is 11.0. The smallest absolute Gasteiger partial charge is 0.231 e. The van der Waals surface area contributed by atoms with Gasteiger partial charge in [0.2, 0.25) is 6.79 Å². The summed E-state index contributed by atoms with van der Waals surface area (Å²) in [6.45, 7) is 6.44. The van der Waals surface area contributed by atoms with E-state index in [0.717, 1.165) is 37.2 Å². The van der Waals surface area contributed by atoms with Gasteiger partial charge in [0.15, 0.2) is 11.5 Å². The van der Waals surface area contributed by atoms with Crippen LogP contribution in [0.15, 0.2) is 29.8 Å². The standard InChI is InChI=1S/C19H26O3/c1-14(2)17(8-4-6-15(3)20)9-5-7-16-10-11-18-19(12-16)22-13-21-18/h9-12,14H,4-8,13H2,1-3H3. The Hall–Kier alpha value is -1.77. The number of fused-ring (bicyclic) bond motifs is 1. The van der Waals surface area contributed by atoms with Gasteiger partial charge in [0.05, 0.1) is 0 Å². The molecule has 1 heterocycles. The van der Waals surface area contributed by atoms with E-state index in [1.807, 2.05) is 6.07 Å². The molecule has 0 radical (unpaired) electrons. The van der Waals surface area contributed by atoms with Crippen molar-refractivity contribution >= 4 is 5.78 Å². The fourth-order valence-electron chi connectivity index (χ4n) is 2.69. The molecule has 0 atom stereocenters. The van der Waals surface area contributed by atoms with Crippen molar-refractivity contribution in [1.29, 1.82) is 0 Å². The van der Waals surface area contributed by atoms with Gasteiger partial charge < -0.3 is 14.3 Å². The lowest BCUT2D eigenvalue weighted by atomic mass is 9.95. The topological polar surface area (TPSA) is 35.5 Å². The van der Waals surface area contributed by atoms with Crippen molar-refractivity contribution in [3.63, 3.8) is 0 Å². The Morgan fingerprint density at radius 3 is 2.73 bits per heavy atom. The van der Waals surface area contributed by atoms with Gasteiger partial charge in [0.1, 0.15) is 5.78 Å². The van der Waals surface area contributed by atoms with Crippen molar-refractivity contribution in [1.82, 2.24) is 0 Å². The molecule has 0 aliphatic carbocycles. The number of hydrogen-bond acceptors (Lipinski definition) is 3. The molecule has 1 aromatic carbocycles. The van der Waals surface area contributed by atoms with Crippen LogP contribution in [0.1, 0.15) is 52.0 Å². The molecule has 1 aliphatic heterocycles. The van der Waals surface area contributed by atoms with Crippen LogP contribution >= 0.6 is 0 Å². The third kappa shape index (κ3) is 4.90. The fraction of sp³-hybridized carbons (Fsp3) is 0.526. The minimum absolute atomic E-state index is 0.281. The van der Waals surface area contributed by atoms with Crippen LogP contribution in [0.4, 0.5) is 0 Å². The molecule has 0 fully saturated rings. The SMILES string of the molecule is CC(=O)CCCC(=CCCc1ccc2c(c1)OCO2)C(C)C. The number of ketones is 1. The second-order valence-corrected chi connectivity index (χ2v) is 6.22. The number of ether oxygens (including phenoxy) is 2. The van der Waals surface area contributed by atoms with Crippen molar-refractivity contribution < 1.29 is 14.3 Å². The van der Waals surface area contributed by atoms with Gasteiger partial charge in [-0.25, -0.2) is 0 Å². The van der Waals surface area contributed by atoms with E-state index in [9.17, 15) is 4.79 Å². The second-order valence-electron chi connectivity index (χ2n) is 6.22. The van der Waals surface area contributed by atoms with Gasteiger partial charge in [-0.1, -0.05) is 31.6 Å². The third-order valence-electron chi connectivity index (χ3n) is 4.01. The Bertz CT molecular complexity index is 544. The molecule has 0 N–H and O–H groups in total. The van der Waals surface area contributed by atoms with Crippen molar-refractivity contribution in [2.45, 2.75) is 52.9 Å². The van der Waals surface area contributed by atoms with E-state index in [0.29, 0.717) is 19.1 Å². The van der Waals surface area contributed by atoms with E-state index >= 15 is 0 Å². The number of rotatable bonds is 8. The fourth-order valence-corrected chi connectivity index (χ4v) is 2.69. The van der Waals surface area contributed by atoms with Gasteiger partial charge in [-0.15, -0.1) is 0 Å². The quantitative estimate of drug-likeness (QED) is 0.653. The first-order chi connectivity index (χ1) is 10.6. The second kappa shape index (κ2) is 8.02. The molecule has 3 nitrogen and oxygen atoms in total. The highest BCUT2D eigenvalue weighted by molar-refractivity contribution is 5.75. The van der Waals surface area contributed by atoms with Crippen LogP contribution in [0.3, 0.4) is 0 Å². The average molecular weight is 302 g/mol. The average Bonchev–Trinajstić information content (AvgIpc) is 2.92. The van der Waals surface area contributed by atoms with E-state index in [4.69, 9.17) is 9.47 Å². The van der Waals surface area contributed by atoms with Crippen LogP contribution in [-0.2, 0) is 11.2 Å². The largest absolute Gasteiger partial charge is 0.454 e. The van der Waals surface area contributed by atoms with Gasteiger partial charge in [0, 0.05) is 6.42 Å². The molecule has 0 spiro atoms. The minimum Gasteiger partial charge on any atom is -0.454 e. The first-order valence-corrected chi connectivity index (χ1v) is 8.13. The van der Waals surface area contributed by atoms with E-state index in [1.54, 1.807) is 6.92 Å². The summed E-state index contributed by atoms with van der Waals surface area (Å²) < 4.78 is 10.7. The van der Waals surface area contributed by atoms with Crippen molar-refractivity contribution in [2.24, 2.45) is 5.92 Å². The molecule has 0 saturated heterocycles. The van der Waals surface area contributed by atoms with Crippen molar-refractivity contribution in [2.75, 3.05) is 6.79 Å². The maximum Gasteiger partial charge on any atom is 0.231 e. The van der Waals surface area contributed by atoms with Gasteiger partial charge in [-0.3, -0.25) is 0 Å². The molecule has 0 saturated carbocycles. The predicted molar refractivity (Wildman–Crippen MR) is 88.3 cm³/mol. The van der Waals surface area contributed by atoms with E-state index in [-0.39, 0.29) is 5.78 Å². The van der Waals surface area contributed by atoms with Crippen molar-refractivity contribution in [3.05, 3.63) is 35.4 Å². The Balaban J connectivity index is 1.86. The first-order valence-electron chi connectivity index (χ1n) is 8.13. The molecule has 3 heteroatoms. The zero-order valence-electron chi connectivity index (χ0n) is 13.9. The molecular weight excluding hydrogens is 276 g/mol. The summed E-state index contributed by atoms with van der Waals surface area (Å²) in [5.74, 6) is 2.52. The van der Waals surface area contributed by atoms with Crippen LogP contribution in [0.25, 0.3) is 0 Å². The number of aryl methyl sites for hydroxylation is 1. The Morgan fingerprint density at radius 2 is 2.00 bits per heavy atom. The lowest BCUT2D eigenvalue weighted by molar-refractivity contribution is -0.117. The molecule has 0 aromatic heterocycles. The summed E-state index contributed by atoms with van der Waals surface area (Å²) >= 11 is 0. The van der Waals surface area contributed by atoms with Crippen LogP contribution in [-0.4, -0.2) is 12.6 Å². The van der Waals surface area contributed by atoms with Crippen LogP contribution in [0.2, 0.25) is 0 Å². The lowest BCUT2D eigenvalue weighted by Gasteiger charge is -2.11. The van der Waals surface area contributed by atoms with E-state index < -0.39 is 0 Å². The van der Waals surface area contributed by atoms with E-state index in [2.05, 4.69) is 32.1 Å². The molecule has 120 valence electrons. The maximum absolute atomic E-state index is 11.0. The number of allylic oxidation sites excluding steroid dienone is 2. The zero-order valence-corrected chi connectivity index (χ0v) is 13.9. The third-order valence-corrected chi connectivity index (χ3v) is 4.01. The molecule has 0 bridgehead atoms. The Kier molecular flexibility index (Phi) is 6.05. The number of carbonyl (C=O) groups is 1. The minimum atomic E-state index is 0.281. The lowest BCUT2D eigenvalue weighted by Crippen LogP contribution is -1.97. The number of hydrogen-bond donors (Lipinski definition) is 0. The first kappa shape index (κ1) is 16.6. The van der Waals surface area contributed by atoms with Gasteiger partial charge in [0.25, 0.3) is 0 Å². The Labute approximate surface area is 133 Å². The summed E-state index contributed by atoms with van der Waals surface area (Å²) in [5, 5.41) is 0. The summed E-state index contributed by atoms with van der Waals surface area (Å²) in [5.41, 5.74) is 2.73. The number of carbonyl (C=O) groups excluding carboxylic acids is 1. The normalized spacial score (nSPS) is 13.7. The highest BCUT2D eigenvalue weighted by atomic mass is 16.7. The summed E-state index contributed by atoms with van der Waals surface area (Å²) in [6, 6.07) is 6.16. The Morgan fingerprint density at radius 1 is 1.23 bits per heavy atom. The van der Waals surface area contributed by atoms with Crippen LogP contribution in [0.5, 0.6) is 11.5 Å². The van der Waals surface area contributed by atoms with Gasteiger partial charge in [-0.2, -0.15) is 0 Å². The highest BCUT2D eigenvalue weighted by Crippen LogP contribution is 2.32.